The molecule has 8 nitrogen and oxygen atoms in total. The van der Waals surface area contributed by atoms with Crippen LogP contribution in [0.25, 0.3) is 0 Å². The fourth-order valence-corrected chi connectivity index (χ4v) is 5.22. The molecule has 0 radical (unpaired) electrons. The molecule has 37 heavy (non-hydrogen) atoms. The largest absolute Gasteiger partial charge is 0.497 e. The number of rotatable bonds is 8. The summed E-state index contributed by atoms with van der Waals surface area (Å²) in [7, 11) is 3.24. The lowest BCUT2D eigenvalue weighted by atomic mass is 9.94. The van der Waals surface area contributed by atoms with E-state index in [9.17, 15) is 9.59 Å². The van der Waals surface area contributed by atoms with Crippen LogP contribution in [-0.4, -0.2) is 67.5 Å². The van der Waals surface area contributed by atoms with Crippen LogP contribution < -0.4 is 9.47 Å². The maximum atomic E-state index is 13.9. The molecular formula is C29H37N3O5. The number of benzene rings is 2. The molecule has 0 bridgehead atoms. The van der Waals surface area contributed by atoms with Gasteiger partial charge in [0.1, 0.15) is 17.5 Å². The molecule has 2 aliphatic rings. The first-order chi connectivity index (χ1) is 17.9. The van der Waals surface area contributed by atoms with E-state index in [1.54, 1.807) is 26.2 Å². The lowest BCUT2D eigenvalue weighted by Crippen LogP contribution is -2.49. The first kappa shape index (κ1) is 26.7. The van der Waals surface area contributed by atoms with Crippen LogP contribution >= 0.6 is 0 Å². The highest BCUT2D eigenvalue weighted by atomic mass is 16.5. The Balaban J connectivity index is 1.70. The Morgan fingerprint density at radius 1 is 1.05 bits per heavy atom. The number of methoxy groups -OCH3 is 2. The first-order valence-electron chi connectivity index (χ1n) is 13.0. The molecule has 2 aromatic rings. The molecule has 0 N–H and O–H groups in total. The van der Waals surface area contributed by atoms with Crippen LogP contribution in [0.2, 0.25) is 0 Å². The summed E-state index contributed by atoms with van der Waals surface area (Å²) >= 11 is 0. The average Bonchev–Trinajstić information content (AvgIpc) is 3.35. The molecule has 0 aromatic heterocycles. The van der Waals surface area contributed by atoms with E-state index in [1.165, 1.54) is 0 Å². The molecule has 1 amide bonds. The Morgan fingerprint density at radius 2 is 1.86 bits per heavy atom. The third-order valence-electron chi connectivity index (χ3n) is 7.18. The summed E-state index contributed by atoms with van der Waals surface area (Å²) in [5, 5.41) is 6.46. The van der Waals surface area contributed by atoms with Gasteiger partial charge in [-0.1, -0.05) is 24.1 Å². The molecule has 198 valence electrons. The highest BCUT2D eigenvalue weighted by Gasteiger charge is 2.38. The number of hydrazone groups is 1. The highest BCUT2D eigenvalue weighted by Crippen LogP contribution is 2.40. The minimum atomic E-state index is -0.410. The van der Waals surface area contributed by atoms with Gasteiger partial charge in [-0.2, -0.15) is 5.10 Å². The van der Waals surface area contributed by atoms with Crippen LogP contribution in [0.4, 0.5) is 0 Å². The average molecular weight is 508 g/mol. The van der Waals surface area contributed by atoms with Crippen molar-refractivity contribution in [3.05, 3.63) is 58.7 Å². The lowest BCUT2D eigenvalue weighted by Gasteiger charge is -2.34. The first-order valence-corrected chi connectivity index (χ1v) is 13.0. The number of carbonyl (C=O) groups excluding carboxylic acids is 2. The normalized spacial score (nSPS) is 19.9. The van der Waals surface area contributed by atoms with Gasteiger partial charge in [-0.3, -0.25) is 14.5 Å². The molecule has 2 atom stereocenters. The van der Waals surface area contributed by atoms with Crippen molar-refractivity contribution in [1.82, 2.24) is 9.91 Å². The Morgan fingerprint density at radius 3 is 2.59 bits per heavy atom. The number of hydrogen-bond donors (Lipinski definition) is 0. The number of esters is 1. The zero-order valence-corrected chi connectivity index (χ0v) is 22.5. The fraction of sp³-hybridized carbons (Fsp3) is 0.483. The van der Waals surface area contributed by atoms with Crippen LogP contribution in [-0.2, 0) is 14.3 Å². The Labute approximate surface area is 219 Å². The van der Waals surface area contributed by atoms with Crippen LogP contribution in [0.15, 0.2) is 41.5 Å². The van der Waals surface area contributed by atoms with Crippen LogP contribution in [0, 0.1) is 13.8 Å². The molecule has 8 heteroatoms. The van der Waals surface area contributed by atoms with Gasteiger partial charge in [-0.15, -0.1) is 0 Å². The predicted octanol–water partition coefficient (Wildman–Crippen LogP) is 4.42. The van der Waals surface area contributed by atoms with Gasteiger partial charge in [0.15, 0.2) is 0 Å². The Hall–Kier alpha value is -3.39. The maximum Gasteiger partial charge on any atom is 0.323 e. The number of carbonyl (C=O) groups is 2. The molecule has 0 unspecified atom stereocenters. The SMILES string of the molecule is CCOC(=O)[C@H]1CCCCN1CC(=O)N1N=C(c2cc(C)ccc2C)C[C@@H]1c1cc(OC)ccc1OC. The second kappa shape index (κ2) is 11.8. The third-order valence-corrected chi connectivity index (χ3v) is 7.18. The van der Waals surface area contributed by atoms with E-state index < -0.39 is 6.04 Å². The highest BCUT2D eigenvalue weighted by molar-refractivity contribution is 6.04. The molecular weight excluding hydrogens is 470 g/mol. The molecule has 1 saturated heterocycles. The topological polar surface area (TPSA) is 80.7 Å². The number of hydrogen-bond acceptors (Lipinski definition) is 7. The monoisotopic (exact) mass is 507 g/mol. The van der Waals surface area contributed by atoms with Gasteiger partial charge in [-0.05, 0) is 70.0 Å². The number of likely N-dealkylation sites (tertiary alicyclic amines) is 1. The van der Waals surface area contributed by atoms with Crippen LogP contribution in [0.5, 0.6) is 11.5 Å². The fourth-order valence-electron chi connectivity index (χ4n) is 5.22. The van der Waals surface area contributed by atoms with E-state index in [4.69, 9.17) is 19.3 Å². The Bertz CT molecular complexity index is 1180. The van der Waals surface area contributed by atoms with Gasteiger partial charge in [0.25, 0.3) is 5.91 Å². The summed E-state index contributed by atoms with van der Waals surface area (Å²) in [5.41, 5.74) is 4.96. The quantitative estimate of drug-likeness (QED) is 0.492. The van der Waals surface area contributed by atoms with Gasteiger partial charge in [0.05, 0.1) is 39.1 Å². The Kier molecular flexibility index (Phi) is 8.48. The van der Waals surface area contributed by atoms with Crippen molar-refractivity contribution in [3.63, 3.8) is 0 Å². The summed E-state index contributed by atoms with van der Waals surface area (Å²) < 4.78 is 16.5. The van der Waals surface area contributed by atoms with Crippen molar-refractivity contribution in [3.8, 4) is 11.5 Å². The molecule has 0 aliphatic carbocycles. The van der Waals surface area contributed by atoms with E-state index in [2.05, 4.69) is 32.0 Å². The van der Waals surface area contributed by atoms with E-state index in [1.807, 2.05) is 23.1 Å². The van der Waals surface area contributed by atoms with Crippen molar-refractivity contribution < 1.29 is 23.8 Å². The van der Waals surface area contributed by atoms with E-state index >= 15 is 0 Å². The number of aryl methyl sites for hydroxylation is 2. The van der Waals surface area contributed by atoms with E-state index in [0.29, 0.717) is 37.5 Å². The van der Waals surface area contributed by atoms with Crippen LogP contribution in [0.3, 0.4) is 0 Å². The van der Waals surface area contributed by atoms with Crippen LogP contribution in [0.1, 0.15) is 60.9 Å². The summed E-state index contributed by atoms with van der Waals surface area (Å²) in [4.78, 5) is 28.4. The molecule has 0 saturated carbocycles. The van der Waals surface area contributed by atoms with Gasteiger partial charge < -0.3 is 14.2 Å². The summed E-state index contributed by atoms with van der Waals surface area (Å²) in [6.07, 6.45) is 3.11. The number of amides is 1. The standard InChI is InChI=1S/C29H37N3O5/c1-6-37-29(34)25-9-7-8-14-31(25)18-28(33)32-26(23-16-21(35-4)12-13-27(23)36-5)17-24(30-32)22-15-19(2)10-11-20(22)3/h10-13,15-16,25-26H,6-9,14,17-18H2,1-5H3/t25-,26-/m1/s1. The molecule has 2 aliphatic heterocycles. The van der Waals surface area contributed by atoms with Gasteiger partial charge in [0, 0.05) is 17.5 Å². The van der Waals surface area contributed by atoms with E-state index in [0.717, 1.165) is 40.8 Å². The van der Waals surface area contributed by atoms with E-state index in [-0.39, 0.29) is 24.5 Å². The zero-order chi connectivity index (χ0) is 26.5. The second-order valence-electron chi connectivity index (χ2n) is 9.67. The summed E-state index contributed by atoms with van der Waals surface area (Å²) in [6, 6.07) is 11.1. The molecule has 1 fully saturated rings. The van der Waals surface area contributed by atoms with Crippen molar-refractivity contribution >= 4 is 17.6 Å². The van der Waals surface area contributed by atoms with Crippen molar-refractivity contribution in [2.24, 2.45) is 5.10 Å². The maximum absolute atomic E-state index is 13.9. The van der Waals surface area contributed by atoms with Crippen molar-refractivity contribution in [2.45, 2.75) is 58.5 Å². The summed E-state index contributed by atoms with van der Waals surface area (Å²) in [6.45, 7) is 7.00. The summed E-state index contributed by atoms with van der Waals surface area (Å²) in [5.74, 6) is 0.929. The van der Waals surface area contributed by atoms with Crippen molar-refractivity contribution in [2.75, 3.05) is 33.9 Å². The minimum Gasteiger partial charge on any atom is -0.497 e. The number of piperidine rings is 1. The number of nitrogens with zero attached hydrogens (tertiary/aromatic N) is 3. The molecule has 0 spiro atoms. The smallest absolute Gasteiger partial charge is 0.323 e. The molecule has 2 aromatic carbocycles. The minimum absolute atomic E-state index is 0.0931. The third kappa shape index (κ3) is 5.80. The zero-order valence-electron chi connectivity index (χ0n) is 22.5. The van der Waals surface area contributed by atoms with Gasteiger partial charge >= 0.3 is 5.97 Å². The lowest BCUT2D eigenvalue weighted by molar-refractivity contribution is -0.152. The number of ether oxygens (including phenoxy) is 3. The molecule has 2 heterocycles. The second-order valence-corrected chi connectivity index (χ2v) is 9.67. The predicted molar refractivity (Wildman–Crippen MR) is 142 cm³/mol. The van der Waals surface area contributed by atoms with Crippen molar-refractivity contribution in [1.29, 1.82) is 0 Å². The van der Waals surface area contributed by atoms with Gasteiger partial charge in [0.2, 0.25) is 0 Å². The van der Waals surface area contributed by atoms with Gasteiger partial charge in [-0.25, -0.2) is 5.01 Å². The molecule has 4 rings (SSSR count).